The first-order valence-corrected chi connectivity index (χ1v) is 10.8. The summed E-state index contributed by atoms with van der Waals surface area (Å²) >= 11 is 0. The maximum absolute atomic E-state index is 11.9. The topological polar surface area (TPSA) is 74.2 Å². The summed E-state index contributed by atoms with van der Waals surface area (Å²) in [5.41, 5.74) is -2.29. The zero-order chi connectivity index (χ0) is 22.3. The quantitative estimate of drug-likeness (QED) is 0.552. The molecule has 0 amide bonds. The van der Waals surface area contributed by atoms with E-state index in [2.05, 4.69) is 0 Å². The minimum Gasteiger partial charge on any atom is -0.493 e. The van der Waals surface area contributed by atoms with E-state index in [1.165, 1.54) is 6.26 Å². The molecule has 0 radical (unpaired) electrons. The maximum Gasteiger partial charge on any atom is 0.160 e. The van der Waals surface area contributed by atoms with Gasteiger partial charge in [-0.2, -0.15) is 0 Å². The van der Waals surface area contributed by atoms with Gasteiger partial charge in [0.1, 0.15) is 18.3 Å². The third-order valence-corrected chi connectivity index (χ3v) is 6.28. The first-order chi connectivity index (χ1) is 15.7. The molecule has 4 aliphatic heterocycles. The summed E-state index contributed by atoms with van der Waals surface area (Å²) in [6, 6.07) is 0. The molecule has 0 aromatic carbocycles. The highest BCUT2D eigenvalue weighted by atomic mass is 16.5. The van der Waals surface area contributed by atoms with E-state index < -0.39 is 17.1 Å². The number of ether oxygens (including phenoxy) is 4. The van der Waals surface area contributed by atoms with Gasteiger partial charge in [-0.3, -0.25) is 4.79 Å². The van der Waals surface area contributed by atoms with E-state index in [-0.39, 0.29) is 24.7 Å². The Labute approximate surface area is 188 Å². The normalized spacial score (nSPS) is 31.0. The molecule has 0 aromatic heterocycles. The Bertz CT molecular complexity index is 831. The molecular formula is C26H28O6. The van der Waals surface area contributed by atoms with Crippen molar-refractivity contribution in [3.8, 4) is 0 Å². The molecule has 0 aliphatic carbocycles. The van der Waals surface area contributed by atoms with Crippen LogP contribution in [0.15, 0.2) is 98.0 Å². The minimum atomic E-state index is -1.64. The second-order valence-electron chi connectivity index (χ2n) is 8.16. The van der Waals surface area contributed by atoms with Crippen molar-refractivity contribution < 1.29 is 28.8 Å². The van der Waals surface area contributed by atoms with Gasteiger partial charge in [-0.1, -0.05) is 24.3 Å². The summed E-state index contributed by atoms with van der Waals surface area (Å²) in [7, 11) is 0. The largest absolute Gasteiger partial charge is 0.493 e. The summed E-state index contributed by atoms with van der Waals surface area (Å²) in [6.45, 7) is 0. The fourth-order valence-electron chi connectivity index (χ4n) is 4.60. The lowest BCUT2D eigenvalue weighted by Crippen LogP contribution is -2.54. The van der Waals surface area contributed by atoms with E-state index in [1.54, 1.807) is 37.0 Å². The molecule has 0 saturated heterocycles. The van der Waals surface area contributed by atoms with E-state index in [4.69, 9.17) is 18.9 Å². The Hall–Kier alpha value is -3.25. The molecule has 0 spiro atoms. The first-order valence-electron chi connectivity index (χ1n) is 10.8. The Morgan fingerprint density at radius 2 is 1.03 bits per heavy atom. The summed E-state index contributed by atoms with van der Waals surface area (Å²) < 4.78 is 23.6. The van der Waals surface area contributed by atoms with Crippen LogP contribution in [0.1, 0.15) is 19.3 Å². The molecule has 6 heteroatoms. The van der Waals surface area contributed by atoms with Gasteiger partial charge in [0.05, 0.1) is 30.5 Å². The van der Waals surface area contributed by atoms with Crippen LogP contribution in [-0.4, -0.2) is 41.4 Å². The Morgan fingerprint density at radius 3 is 1.38 bits per heavy atom. The van der Waals surface area contributed by atoms with Crippen molar-refractivity contribution in [2.24, 2.45) is 5.41 Å². The Kier molecular flexibility index (Phi) is 6.81. The number of hydrogen-bond donors (Lipinski definition) is 1. The molecule has 5 atom stereocenters. The highest BCUT2D eigenvalue weighted by Gasteiger charge is 2.53. The second-order valence-corrected chi connectivity index (χ2v) is 8.16. The van der Waals surface area contributed by atoms with Gasteiger partial charge < -0.3 is 24.1 Å². The lowest BCUT2D eigenvalue weighted by Gasteiger charge is -2.47. The number of carbonyl (C=O) groups is 1. The third kappa shape index (κ3) is 4.36. The predicted molar refractivity (Wildman–Crippen MR) is 120 cm³/mol. The molecule has 0 aromatic rings. The van der Waals surface area contributed by atoms with Gasteiger partial charge in [-0.05, 0) is 67.9 Å². The molecule has 4 aliphatic rings. The van der Waals surface area contributed by atoms with Gasteiger partial charge in [0, 0.05) is 0 Å². The summed E-state index contributed by atoms with van der Waals surface area (Å²) in [5, 5.41) is 11.0. The third-order valence-electron chi connectivity index (χ3n) is 6.28. The first kappa shape index (κ1) is 22.0. The average Bonchev–Trinajstić information content (AvgIpc) is 2.89. The highest BCUT2D eigenvalue weighted by Crippen LogP contribution is 2.46. The SMILES string of the molecule is O=CC(O)(CCCC(C1C=CC=CO1)(C1C=CC=CO1)C1C=CC=CO1)C1C=CC=CO1. The van der Waals surface area contributed by atoms with E-state index in [0.717, 1.165) is 0 Å². The number of aliphatic hydroxyl groups is 1. The van der Waals surface area contributed by atoms with Crippen molar-refractivity contribution in [1.29, 1.82) is 0 Å². The molecule has 6 nitrogen and oxygen atoms in total. The van der Waals surface area contributed by atoms with E-state index in [1.807, 2.05) is 54.7 Å². The number of rotatable bonds is 9. The van der Waals surface area contributed by atoms with Crippen LogP contribution in [0.3, 0.4) is 0 Å². The predicted octanol–water partition coefficient (Wildman–Crippen LogP) is 3.95. The number of carbonyl (C=O) groups excluding carboxylic acids is 1. The number of hydrogen-bond acceptors (Lipinski definition) is 6. The van der Waals surface area contributed by atoms with E-state index in [0.29, 0.717) is 19.1 Å². The van der Waals surface area contributed by atoms with Gasteiger partial charge in [0.25, 0.3) is 0 Å². The van der Waals surface area contributed by atoms with Crippen LogP contribution in [0.4, 0.5) is 0 Å². The molecule has 0 fully saturated rings. The van der Waals surface area contributed by atoms with Crippen LogP contribution in [0.25, 0.3) is 0 Å². The highest BCUT2D eigenvalue weighted by molar-refractivity contribution is 5.64. The standard InChI is InChI=1S/C26H28O6/c27-20-25(28,21-10-1-5-16-29-21)14-9-15-26(22-11-2-6-17-30-22,23-12-3-7-18-31-23)24-13-4-8-19-32-24/h1-8,10-13,16-24,28H,9,14-15H2. The van der Waals surface area contributed by atoms with E-state index >= 15 is 0 Å². The Morgan fingerprint density at radius 1 is 0.625 bits per heavy atom. The molecule has 168 valence electrons. The average molecular weight is 437 g/mol. The van der Waals surface area contributed by atoms with Crippen molar-refractivity contribution in [3.05, 3.63) is 98.0 Å². The summed E-state index contributed by atoms with van der Waals surface area (Å²) in [6.07, 6.45) is 29.1. The van der Waals surface area contributed by atoms with Gasteiger partial charge in [0.2, 0.25) is 0 Å². The van der Waals surface area contributed by atoms with Crippen molar-refractivity contribution >= 4 is 6.29 Å². The van der Waals surface area contributed by atoms with Gasteiger partial charge in [-0.15, -0.1) is 0 Å². The summed E-state index contributed by atoms with van der Waals surface area (Å²) in [5.74, 6) is 0. The van der Waals surface area contributed by atoms with Crippen molar-refractivity contribution in [3.63, 3.8) is 0 Å². The number of aldehydes is 1. The van der Waals surface area contributed by atoms with Crippen LogP contribution >= 0.6 is 0 Å². The van der Waals surface area contributed by atoms with Crippen LogP contribution in [0.5, 0.6) is 0 Å². The molecular weight excluding hydrogens is 408 g/mol. The smallest absolute Gasteiger partial charge is 0.160 e. The van der Waals surface area contributed by atoms with Gasteiger partial charge in [-0.25, -0.2) is 0 Å². The zero-order valence-electron chi connectivity index (χ0n) is 17.7. The molecule has 4 rings (SSSR count). The summed E-state index contributed by atoms with van der Waals surface area (Å²) in [4.78, 5) is 11.9. The molecule has 1 N–H and O–H groups in total. The van der Waals surface area contributed by atoms with Crippen molar-refractivity contribution in [1.82, 2.24) is 0 Å². The van der Waals surface area contributed by atoms with E-state index in [9.17, 15) is 9.90 Å². The van der Waals surface area contributed by atoms with Crippen LogP contribution in [-0.2, 0) is 23.7 Å². The second kappa shape index (κ2) is 9.92. The zero-order valence-corrected chi connectivity index (χ0v) is 17.7. The molecule has 4 heterocycles. The minimum absolute atomic E-state index is 0.214. The van der Waals surface area contributed by atoms with Crippen molar-refractivity contribution in [2.45, 2.75) is 49.3 Å². The number of allylic oxidation sites excluding steroid dienone is 8. The van der Waals surface area contributed by atoms with Crippen LogP contribution < -0.4 is 0 Å². The molecule has 0 bridgehead atoms. The fraction of sp³-hybridized carbons (Fsp3) is 0.346. The fourth-order valence-corrected chi connectivity index (χ4v) is 4.60. The lowest BCUT2D eigenvalue weighted by atomic mass is 9.66. The van der Waals surface area contributed by atoms with Crippen LogP contribution in [0, 0.1) is 5.41 Å². The lowest BCUT2D eigenvalue weighted by molar-refractivity contribution is -0.137. The molecule has 0 saturated carbocycles. The maximum atomic E-state index is 11.9. The van der Waals surface area contributed by atoms with Gasteiger partial charge >= 0.3 is 0 Å². The molecule has 5 unspecified atom stereocenters. The van der Waals surface area contributed by atoms with Crippen LogP contribution in [0.2, 0.25) is 0 Å². The van der Waals surface area contributed by atoms with Crippen molar-refractivity contribution in [2.75, 3.05) is 0 Å². The van der Waals surface area contributed by atoms with Gasteiger partial charge in [0.15, 0.2) is 18.0 Å². The molecule has 32 heavy (non-hydrogen) atoms. The monoisotopic (exact) mass is 436 g/mol. The Balaban J connectivity index is 1.61.